The number of rotatable bonds is 5. The summed E-state index contributed by atoms with van der Waals surface area (Å²) < 4.78 is 37.4. The fourth-order valence-corrected chi connectivity index (χ4v) is 1.98. The summed E-state index contributed by atoms with van der Waals surface area (Å²) in [6.07, 6.45) is -4.39. The fourth-order valence-electron chi connectivity index (χ4n) is 1.98. The van der Waals surface area contributed by atoms with Crippen molar-refractivity contribution in [2.24, 2.45) is 0 Å². The van der Waals surface area contributed by atoms with E-state index in [1.807, 2.05) is 0 Å². The number of hydrogen-bond acceptors (Lipinski definition) is 3. The highest BCUT2D eigenvalue weighted by atomic mass is 19.4. The van der Waals surface area contributed by atoms with Gasteiger partial charge in [0.05, 0.1) is 12.1 Å². The SMILES string of the molecule is CC(=O)c1cccc(NC(=O)CNc2ccc(C(F)(F)F)cc2)c1. The Bertz CT molecular complexity index is 740. The molecule has 1 amide bonds. The van der Waals surface area contributed by atoms with E-state index in [0.717, 1.165) is 12.1 Å². The van der Waals surface area contributed by atoms with Crippen LogP contribution in [-0.4, -0.2) is 18.2 Å². The van der Waals surface area contributed by atoms with Gasteiger partial charge in [0.1, 0.15) is 0 Å². The largest absolute Gasteiger partial charge is 0.416 e. The van der Waals surface area contributed by atoms with Gasteiger partial charge < -0.3 is 10.6 Å². The molecule has 0 unspecified atom stereocenters. The molecule has 4 nitrogen and oxygen atoms in total. The zero-order valence-electron chi connectivity index (χ0n) is 12.8. The summed E-state index contributed by atoms with van der Waals surface area (Å²) in [6.45, 7) is 1.31. The molecule has 0 fully saturated rings. The van der Waals surface area contributed by atoms with Gasteiger partial charge >= 0.3 is 6.18 Å². The average molecular weight is 336 g/mol. The van der Waals surface area contributed by atoms with Gasteiger partial charge in [0.15, 0.2) is 5.78 Å². The number of carbonyl (C=O) groups is 2. The molecule has 0 saturated carbocycles. The highest BCUT2D eigenvalue weighted by Crippen LogP contribution is 2.29. The number of anilines is 2. The Morgan fingerprint density at radius 1 is 1.00 bits per heavy atom. The number of ketones is 1. The first-order valence-corrected chi connectivity index (χ1v) is 7.08. The Morgan fingerprint density at radius 2 is 1.67 bits per heavy atom. The first-order valence-electron chi connectivity index (χ1n) is 7.08. The molecule has 24 heavy (non-hydrogen) atoms. The molecule has 0 bridgehead atoms. The third kappa shape index (κ3) is 4.84. The quantitative estimate of drug-likeness (QED) is 0.813. The van der Waals surface area contributed by atoms with E-state index in [0.29, 0.717) is 16.9 Å². The van der Waals surface area contributed by atoms with Crippen LogP contribution in [0.15, 0.2) is 48.5 Å². The van der Waals surface area contributed by atoms with Gasteiger partial charge in [0.2, 0.25) is 5.91 Å². The molecule has 0 aliphatic rings. The Labute approximate surface area is 136 Å². The minimum atomic E-state index is -4.39. The van der Waals surface area contributed by atoms with Crippen LogP contribution in [0.25, 0.3) is 0 Å². The Morgan fingerprint density at radius 3 is 2.25 bits per heavy atom. The number of halogens is 3. The van der Waals surface area contributed by atoms with Crippen molar-refractivity contribution in [3.05, 3.63) is 59.7 Å². The molecule has 0 aliphatic carbocycles. The molecule has 0 atom stereocenters. The monoisotopic (exact) mass is 336 g/mol. The first kappa shape index (κ1) is 17.5. The molecule has 0 heterocycles. The van der Waals surface area contributed by atoms with Gasteiger partial charge in [-0.25, -0.2) is 0 Å². The summed E-state index contributed by atoms with van der Waals surface area (Å²) in [7, 11) is 0. The van der Waals surface area contributed by atoms with Crippen molar-refractivity contribution in [1.82, 2.24) is 0 Å². The lowest BCUT2D eigenvalue weighted by Crippen LogP contribution is -2.21. The van der Waals surface area contributed by atoms with Crippen molar-refractivity contribution in [2.45, 2.75) is 13.1 Å². The molecule has 0 aromatic heterocycles. The zero-order valence-corrected chi connectivity index (χ0v) is 12.8. The zero-order chi connectivity index (χ0) is 17.7. The molecule has 0 radical (unpaired) electrons. The van der Waals surface area contributed by atoms with Crippen LogP contribution in [0, 0.1) is 0 Å². The molecule has 0 spiro atoms. The summed E-state index contributed by atoms with van der Waals surface area (Å²) in [6, 6.07) is 10.9. The second kappa shape index (κ2) is 7.16. The van der Waals surface area contributed by atoms with Crippen LogP contribution in [0.5, 0.6) is 0 Å². The second-order valence-electron chi connectivity index (χ2n) is 5.11. The summed E-state index contributed by atoms with van der Waals surface area (Å²) in [4.78, 5) is 23.1. The van der Waals surface area contributed by atoms with Crippen LogP contribution in [-0.2, 0) is 11.0 Å². The normalized spacial score (nSPS) is 11.0. The number of alkyl halides is 3. The third-order valence-corrected chi connectivity index (χ3v) is 3.22. The molecule has 0 saturated heterocycles. The maximum absolute atomic E-state index is 12.5. The summed E-state index contributed by atoms with van der Waals surface area (Å²) in [5, 5.41) is 5.34. The van der Waals surface area contributed by atoms with Crippen molar-refractivity contribution in [2.75, 3.05) is 17.2 Å². The standard InChI is InChI=1S/C17H15F3N2O2/c1-11(23)12-3-2-4-15(9-12)22-16(24)10-21-14-7-5-13(6-8-14)17(18,19)20/h2-9,21H,10H2,1H3,(H,22,24). The van der Waals surface area contributed by atoms with Gasteiger partial charge in [0.25, 0.3) is 0 Å². The van der Waals surface area contributed by atoms with Crippen LogP contribution in [0.3, 0.4) is 0 Å². The van der Waals surface area contributed by atoms with E-state index < -0.39 is 11.7 Å². The molecule has 2 aromatic carbocycles. The van der Waals surface area contributed by atoms with Crippen LogP contribution in [0.1, 0.15) is 22.8 Å². The Hall–Kier alpha value is -2.83. The number of nitrogens with one attached hydrogen (secondary N) is 2. The Kier molecular flexibility index (Phi) is 5.23. The van der Waals surface area contributed by atoms with Gasteiger partial charge in [0, 0.05) is 16.9 Å². The van der Waals surface area contributed by atoms with E-state index in [9.17, 15) is 22.8 Å². The molecule has 2 N–H and O–H groups in total. The van der Waals surface area contributed by atoms with Gasteiger partial charge in [-0.3, -0.25) is 9.59 Å². The maximum Gasteiger partial charge on any atom is 0.416 e. The van der Waals surface area contributed by atoms with Crippen LogP contribution < -0.4 is 10.6 Å². The van der Waals surface area contributed by atoms with Crippen molar-refractivity contribution in [1.29, 1.82) is 0 Å². The van der Waals surface area contributed by atoms with Crippen LogP contribution in [0.4, 0.5) is 24.5 Å². The third-order valence-electron chi connectivity index (χ3n) is 3.22. The summed E-state index contributed by atoms with van der Waals surface area (Å²) >= 11 is 0. The topological polar surface area (TPSA) is 58.2 Å². The minimum absolute atomic E-state index is 0.115. The number of hydrogen-bond donors (Lipinski definition) is 2. The predicted octanol–water partition coefficient (Wildman–Crippen LogP) is 3.96. The molecule has 2 aromatic rings. The van der Waals surface area contributed by atoms with Gasteiger partial charge in [-0.15, -0.1) is 0 Å². The van der Waals surface area contributed by atoms with E-state index >= 15 is 0 Å². The summed E-state index contributed by atoms with van der Waals surface area (Å²) in [5.74, 6) is -0.496. The molecule has 2 rings (SSSR count). The number of carbonyl (C=O) groups excluding carboxylic acids is 2. The van der Waals surface area contributed by atoms with Gasteiger partial charge in [-0.2, -0.15) is 13.2 Å². The smallest absolute Gasteiger partial charge is 0.376 e. The van der Waals surface area contributed by atoms with E-state index in [1.165, 1.54) is 19.1 Å². The average Bonchev–Trinajstić information content (AvgIpc) is 2.53. The van der Waals surface area contributed by atoms with E-state index in [-0.39, 0.29) is 18.2 Å². The van der Waals surface area contributed by atoms with Crippen molar-refractivity contribution in [3.8, 4) is 0 Å². The van der Waals surface area contributed by atoms with Gasteiger partial charge in [-0.05, 0) is 43.3 Å². The lowest BCUT2D eigenvalue weighted by Gasteiger charge is -2.10. The molecular formula is C17H15F3N2O2. The van der Waals surface area contributed by atoms with E-state index in [2.05, 4.69) is 10.6 Å². The summed E-state index contributed by atoms with van der Waals surface area (Å²) in [5.41, 5.74) is 0.597. The predicted molar refractivity (Wildman–Crippen MR) is 85.0 cm³/mol. The maximum atomic E-state index is 12.5. The minimum Gasteiger partial charge on any atom is -0.376 e. The molecular weight excluding hydrogens is 321 g/mol. The number of Topliss-reactive ketones (excluding diaryl/α,β-unsaturated/α-hetero) is 1. The first-order chi connectivity index (χ1) is 11.3. The Balaban J connectivity index is 1.91. The van der Waals surface area contributed by atoms with Crippen molar-refractivity contribution < 1.29 is 22.8 Å². The number of amides is 1. The van der Waals surface area contributed by atoms with Crippen molar-refractivity contribution in [3.63, 3.8) is 0 Å². The van der Waals surface area contributed by atoms with Crippen molar-refractivity contribution >= 4 is 23.1 Å². The van der Waals surface area contributed by atoms with Crippen LogP contribution >= 0.6 is 0 Å². The lowest BCUT2D eigenvalue weighted by atomic mass is 10.1. The molecule has 126 valence electrons. The second-order valence-corrected chi connectivity index (χ2v) is 5.11. The fraction of sp³-hybridized carbons (Fsp3) is 0.176. The highest BCUT2D eigenvalue weighted by molar-refractivity contribution is 5.98. The lowest BCUT2D eigenvalue weighted by molar-refractivity contribution is -0.137. The molecule has 7 heteroatoms. The van der Waals surface area contributed by atoms with Gasteiger partial charge in [-0.1, -0.05) is 12.1 Å². The van der Waals surface area contributed by atoms with E-state index in [1.54, 1.807) is 24.3 Å². The van der Waals surface area contributed by atoms with Crippen LogP contribution in [0.2, 0.25) is 0 Å². The number of benzene rings is 2. The highest BCUT2D eigenvalue weighted by Gasteiger charge is 2.29. The van der Waals surface area contributed by atoms with E-state index in [4.69, 9.17) is 0 Å². The molecule has 0 aliphatic heterocycles.